The van der Waals surface area contributed by atoms with E-state index >= 15 is 0 Å². The van der Waals surface area contributed by atoms with Crippen LogP contribution in [0.25, 0.3) is 0 Å². The summed E-state index contributed by atoms with van der Waals surface area (Å²) < 4.78 is 15.4. The first-order chi connectivity index (χ1) is 10.0. The number of hydrogen-bond acceptors (Lipinski definition) is 2. The zero-order valence-corrected chi connectivity index (χ0v) is 13.4. The van der Waals surface area contributed by atoms with Crippen LogP contribution in [0.15, 0.2) is 36.4 Å². The van der Waals surface area contributed by atoms with Crippen LogP contribution >= 0.6 is 22.6 Å². The van der Waals surface area contributed by atoms with Gasteiger partial charge in [-0.15, -0.1) is 0 Å². The highest BCUT2D eigenvalue weighted by molar-refractivity contribution is 14.1. The van der Waals surface area contributed by atoms with Gasteiger partial charge in [0.25, 0.3) is 0 Å². The lowest BCUT2D eigenvalue weighted by atomic mass is 9.94. The SMILES string of the molecule is NC(c1ccc(I)cc1)c1cc2c(cc1F)NC(=O)CC2. The quantitative estimate of drug-likeness (QED) is 0.766. The van der Waals surface area contributed by atoms with E-state index in [0.717, 1.165) is 14.7 Å². The molecule has 3 N–H and O–H groups in total. The highest BCUT2D eigenvalue weighted by Crippen LogP contribution is 2.30. The predicted octanol–water partition coefficient (Wildman–Crippen LogP) is 3.36. The lowest BCUT2D eigenvalue weighted by Crippen LogP contribution is -2.21. The fourth-order valence-electron chi connectivity index (χ4n) is 2.51. The van der Waals surface area contributed by atoms with Gasteiger partial charge in [0.05, 0.1) is 6.04 Å². The molecule has 1 heterocycles. The van der Waals surface area contributed by atoms with Crippen LogP contribution in [0.3, 0.4) is 0 Å². The topological polar surface area (TPSA) is 55.1 Å². The zero-order chi connectivity index (χ0) is 15.0. The van der Waals surface area contributed by atoms with Crippen LogP contribution in [0.4, 0.5) is 10.1 Å². The van der Waals surface area contributed by atoms with E-state index in [0.29, 0.717) is 24.1 Å². The van der Waals surface area contributed by atoms with Crippen molar-refractivity contribution in [3.8, 4) is 0 Å². The molecule has 0 fully saturated rings. The number of nitrogens with two attached hydrogens (primary N) is 1. The van der Waals surface area contributed by atoms with Gasteiger partial charge in [0, 0.05) is 21.2 Å². The Morgan fingerprint density at radius 3 is 2.62 bits per heavy atom. The molecule has 1 aliphatic rings. The Morgan fingerprint density at radius 1 is 1.19 bits per heavy atom. The normalized spacial score (nSPS) is 15.3. The van der Waals surface area contributed by atoms with Crippen LogP contribution in [0.2, 0.25) is 0 Å². The fraction of sp³-hybridized carbons (Fsp3) is 0.188. The maximum Gasteiger partial charge on any atom is 0.224 e. The molecule has 1 amide bonds. The minimum atomic E-state index is -0.509. The van der Waals surface area contributed by atoms with Gasteiger partial charge in [-0.3, -0.25) is 4.79 Å². The third-order valence-electron chi connectivity index (χ3n) is 3.68. The molecule has 0 bridgehead atoms. The predicted molar refractivity (Wildman–Crippen MR) is 88.5 cm³/mol. The number of fused-ring (bicyclic) bond motifs is 1. The van der Waals surface area contributed by atoms with Crippen molar-refractivity contribution < 1.29 is 9.18 Å². The molecule has 0 aliphatic carbocycles. The lowest BCUT2D eigenvalue weighted by molar-refractivity contribution is -0.116. The fourth-order valence-corrected chi connectivity index (χ4v) is 2.87. The Labute approximate surface area is 135 Å². The van der Waals surface area contributed by atoms with Crippen LogP contribution in [0.1, 0.15) is 29.2 Å². The van der Waals surface area contributed by atoms with Crippen molar-refractivity contribution in [1.29, 1.82) is 0 Å². The molecule has 108 valence electrons. The van der Waals surface area contributed by atoms with Gasteiger partial charge in [0.1, 0.15) is 5.82 Å². The van der Waals surface area contributed by atoms with Crippen LogP contribution in [0.5, 0.6) is 0 Å². The zero-order valence-electron chi connectivity index (χ0n) is 11.2. The molecular formula is C16H14FIN2O. The minimum absolute atomic E-state index is 0.0726. The van der Waals surface area contributed by atoms with E-state index in [1.54, 1.807) is 6.07 Å². The molecule has 0 saturated carbocycles. The Balaban J connectivity index is 1.98. The minimum Gasteiger partial charge on any atom is -0.326 e. The first-order valence-corrected chi connectivity index (χ1v) is 7.75. The van der Waals surface area contributed by atoms with Crippen molar-refractivity contribution in [3.63, 3.8) is 0 Å². The summed E-state index contributed by atoms with van der Waals surface area (Å²) in [5.41, 5.74) is 9.03. The smallest absolute Gasteiger partial charge is 0.224 e. The van der Waals surface area contributed by atoms with Crippen molar-refractivity contribution in [1.82, 2.24) is 0 Å². The number of hydrogen-bond donors (Lipinski definition) is 2. The number of halogens is 2. The molecule has 1 aliphatic heterocycles. The van der Waals surface area contributed by atoms with E-state index in [1.807, 2.05) is 24.3 Å². The van der Waals surface area contributed by atoms with Gasteiger partial charge in [0.15, 0.2) is 0 Å². The molecule has 3 rings (SSSR count). The van der Waals surface area contributed by atoms with Crippen molar-refractivity contribution in [2.45, 2.75) is 18.9 Å². The van der Waals surface area contributed by atoms with E-state index < -0.39 is 6.04 Å². The second-order valence-electron chi connectivity index (χ2n) is 5.11. The maximum absolute atomic E-state index is 14.3. The first kappa shape index (κ1) is 14.5. The maximum atomic E-state index is 14.3. The number of anilines is 1. The Hall–Kier alpha value is -1.47. The summed E-state index contributed by atoms with van der Waals surface area (Å²) in [5, 5.41) is 2.69. The van der Waals surface area contributed by atoms with Gasteiger partial charge < -0.3 is 11.1 Å². The van der Waals surface area contributed by atoms with Gasteiger partial charge in [-0.2, -0.15) is 0 Å². The molecule has 1 atom stereocenters. The van der Waals surface area contributed by atoms with Crippen LogP contribution in [-0.2, 0) is 11.2 Å². The summed E-state index contributed by atoms with van der Waals surface area (Å²) in [6, 6.07) is 10.4. The highest BCUT2D eigenvalue weighted by atomic mass is 127. The molecule has 0 spiro atoms. The Morgan fingerprint density at radius 2 is 1.90 bits per heavy atom. The largest absolute Gasteiger partial charge is 0.326 e. The molecule has 5 heteroatoms. The van der Waals surface area contributed by atoms with Gasteiger partial charge in [-0.25, -0.2) is 4.39 Å². The number of benzene rings is 2. The molecule has 0 aromatic heterocycles. The van der Waals surface area contributed by atoms with E-state index in [-0.39, 0.29) is 11.7 Å². The standard InChI is InChI=1S/C16H14FIN2O/c17-13-8-14-10(3-6-15(21)20-14)7-12(13)16(19)9-1-4-11(18)5-2-9/h1-2,4-5,7-8,16H,3,6,19H2,(H,20,21). The van der Waals surface area contributed by atoms with Gasteiger partial charge >= 0.3 is 0 Å². The highest BCUT2D eigenvalue weighted by Gasteiger charge is 2.20. The van der Waals surface area contributed by atoms with E-state index in [2.05, 4.69) is 27.9 Å². The van der Waals surface area contributed by atoms with E-state index in [4.69, 9.17) is 5.73 Å². The number of carbonyl (C=O) groups is 1. The second kappa shape index (κ2) is 5.73. The summed E-state index contributed by atoms with van der Waals surface area (Å²) in [7, 11) is 0. The van der Waals surface area contributed by atoms with Crippen molar-refractivity contribution in [2.75, 3.05) is 5.32 Å². The lowest BCUT2D eigenvalue weighted by Gasteiger charge is -2.21. The van der Waals surface area contributed by atoms with E-state index in [9.17, 15) is 9.18 Å². The molecule has 2 aromatic rings. The first-order valence-electron chi connectivity index (χ1n) is 6.68. The Kier molecular flexibility index (Phi) is 3.95. The number of nitrogens with one attached hydrogen (secondary N) is 1. The summed E-state index contributed by atoms with van der Waals surface area (Å²) >= 11 is 2.22. The van der Waals surface area contributed by atoms with Crippen molar-refractivity contribution in [3.05, 3.63) is 62.5 Å². The molecule has 0 saturated heterocycles. The third kappa shape index (κ3) is 2.94. The monoisotopic (exact) mass is 396 g/mol. The average Bonchev–Trinajstić information content (AvgIpc) is 2.46. The van der Waals surface area contributed by atoms with Crippen LogP contribution < -0.4 is 11.1 Å². The van der Waals surface area contributed by atoms with Crippen LogP contribution in [0, 0.1) is 9.39 Å². The van der Waals surface area contributed by atoms with Gasteiger partial charge in [0.2, 0.25) is 5.91 Å². The molecule has 0 radical (unpaired) electrons. The number of amides is 1. The molecule has 2 aromatic carbocycles. The Bertz CT molecular complexity index is 700. The van der Waals surface area contributed by atoms with Gasteiger partial charge in [-0.1, -0.05) is 12.1 Å². The molecule has 21 heavy (non-hydrogen) atoms. The van der Waals surface area contributed by atoms with Crippen molar-refractivity contribution in [2.24, 2.45) is 5.73 Å². The van der Waals surface area contributed by atoms with Crippen molar-refractivity contribution >= 4 is 34.2 Å². The van der Waals surface area contributed by atoms with Crippen LogP contribution in [-0.4, -0.2) is 5.91 Å². The summed E-state index contributed by atoms with van der Waals surface area (Å²) in [6.45, 7) is 0. The number of aryl methyl sites for hydroxylation is 1. The number of rotatable bonds is 2. The third-order valence-corrected chi connectivity index (χ3v) is 4.40. The molecule has 3 nitrogen and oxygen atoms in total. The second-order valence-corrected chi connectivity index (χ2v) is 6.35. The van der Waals surface area contributed by atoms with E-state index in [1.165, 1.54) is 6.07 Å². The number of carbonyl (C=O) groups excluding carboxylic acids is 1. The summed E-state index contributed by atoms with van der Waals surface area (Å²) in [6.07, 6.45) is 1.05. The summed E-state index contributed by atoms with van der Waals surface area (Å²) in [4.78, 5) is 11.4. The summed E-state index contributed by atoms with van der Waals surface area (Å²) in [5.74, 6) is -0.460. The average molecular weight is 396 g/mol. The molecular weight excluding hydrogens is 382 g/mol. The van der Waals surface area contributed by atoms with Gasteiger partial charge in [-0.05, 0) is 64.4 Å². The molecule has 1 unspecified atom stereocenters.